The molecule has 0 atom stereocenters. The van der Waals surface area contributed by atoms with Crippen LogP contribution in [0, 0.1) is 0 Å². The summed E-state index contributed by atoms with van der Waals surface area (Å²) in [5.41, 5.74) is 6.21. The Morgan fingerprint density at radius 3 is 1.27 bits per heavy atom. The molecule has 0 aliphatic carbocycles. The van der Waals surface area contributed by atoms with Gasteiger partial charge in [-0.1, -0.05) is 52.0 Å². The van der Waals surface area contributed by atoms with Gasteiger partial charge in [0.2, 0.25) is 0 Å². The van der Waals surface area contributed by atoms with Crippen molar-refractivity contribution in [2.24, 2.45) is 0 Å². The summed E-state index contributed by atoms with van der Waals surface area (Å²) in [6.07, 6.45) is 7.33. The summed E-state index contributed by atoms with van der Waals surface area (Å²) in [5.74, 6) is 2.53. The summed E-state index contributed by atoms with van der Waals surface area (Å²) >= 11 is 0. The van der Waals surface area contributed by atoms with Gasteiger partial charge in [-0.2, -0.15) is 20.4 Å². The van der Waals surface area contributed by atoms with Gasteiger partial charge in [-0.3, -0.25) is 0 Å². The van der Waals surface area contributed by atoms with E-state index in [-0.39, 0.29) is 0 Å². The summed E-state index contributed by atoms with van der Waals surface area (Å²) < 4.78 is 0. The number of nitrogens with one attached hydrogen (secondary N) is 2. The number of rotatable bonds is 3. The lowest BCUT2D eigenvalue weighted by atomic mass is 9.94. The monoisotopic (exact) mass is 522 g/mol. The van der Waals surface area contributed by atoms with Crippen LogP contribution in [0.2, 0.25) is 0 Å². The van der Waals surface area contributed by atoms with Crippen LogP contribution in [0.15, 0.2) is 61.2 Å². The van der Waals surface area contributed by atoms with E-state index in [1.165, 1.54) is 0 Å². The first-order chi connectivity index (χ1) is 19.5. The van der Waals surface area contributed by atoms with E-state index in [2.05, 4.69) is 94.5 Å². The predicted octanol–water partition coefficient (Wildman–Crippen LogP) is 7.55. The number of nitrogens with zero attached hydrogens (tertiary/aromatic N) is 6. The Morgan fingerprint density at radius 2 is 0.875 bits per heavy atom. The molecule has 8 heteroatoms. The van der Waals surface area contributed by atoms with Crippen molar-refractivity contribution in [3.8, 4) is 11.1 Å². The third-order valence-corrected chi connectivity index (χ3v) is 8.00. The Kier molecular flexibility index (Phi) is 4.74. The molecule has 0 aliphatic heterocycles. The van der Waals surface area contributed by atoms with Gasteiger partial charge in [0, 0.05) is 44.2 Å². The molecular weight excluding hydrogens is 496 g/mol. The second kappa shape index (κ2) is 8.26. The van der Waals surface area contributed by atoms with Crippen LogP contribution in [0.25, 0.3) is 76.3 Å². The van der Waals surface area contributed by atoms with Crippen LogP contribution in [0.5, 0.6) is 0 Å². The van der Waals surface area contributed by atoms with Crippen molar-refractivity contribution in [3.05, 3.63) is 72.8 Å². The van der Waals surface area contributed by atoms with Crippen LogP contribution in [-0.2, 0) is 0 Å². The maximum atomic E-state index is 4.93. The molecule has 0 saturated heterocycles. The van der Waals surface area contributed by atoms with Gasteiger partial charge in [0.1, 0.15) is 11.6 Å². The van der Waals surface area contributed by atoms with E-state index in [1.54, 1.807) is 0 Å². The molecule has 8 aromatic rings. The van der Waals surface area contributed by atoms with Crippen molar-refractivity contribution in [1.29, 1.82) is 0 Å². The van der Waals surface area contributed by atoms with Crippen molar-refractivity contribution in [3.63, 3.8) is 0 Å². The van der Waals surface area contributed by atoms with Crippen molar-refractivity contribution in [2.45, 2.75) is 39.5 Å². The average molecular weight is 523 g/mol. The number of H-pyrrole nitrogens is 2. The molecule has 0 radical (unpaired) electrons. The van der Waals surface area contributed by atoms with Crippen LogP contribution in [0.3, 0.4) is 0 Å². The molecule has 0 saturated carbocycles. The van der Waals surface area contributed by atoms with Gasteiger partial charge in [-0.25, -0.2) is 9.97 Å². The smallest absolute Gasteiger partial charge is 0.109 e. The molecule has 0 amide bonds. The minimum atomic E-state index is 0.293. The van der Waals surface area contributed by atoms with Gasteiger partial charge in [0.05, 0.1) is 46.9 Å². The predicted molar refractivity (Wildman–Crippen MR) is 161 cm³/mol. The molecule has 8 nitrogen and oxygen atoms in total. The fourth-order valence-corrected chi connectivity index (χ4v) is 5.89. The highest BCUT2D eigenvalue weighted by Crippen LogP contribution is 2.39. The number of benzene rings is 4. The minimum absolute atomic E-state index is 0.293. The van der Waals surface area contributed by atoms with E-state index < -0.39 is 0 Å². The van der Waals surface area contributed by atoms with Crippen molar-refractivity contribution < 1.29 is 0 Å². The fourth-order valence-electron chi connectivity index (χ4n) is 5.89. The first-order valence-corrected chi connectivity index (χ1v) is 13.6. The third kappa shape index (κ3) is 3.19. The highest BCUT2D eigenvalue weighted by Gasteiger charge is 2.18. The van der Waals surface area contributed by atoms with Crippen LogP contribution in [0.4, 0.5) is 0 Å². The number of aromatic amines is 2. The lowest BCUT2D eigenvalue weighted by Crippen LogP contribution is -1.89. The molecule has 0 bridgehead atoms. The molecule has 4 aromatic carbocycles. The zero-order valence-electron chi connectivity index (χ0n) is 22.6. The summed E-state index contributed by atoms with van der Waals surface area (Å²) in [6.45, 7) is 8.59. The van der Waals surface area contributed by atoms with E-state index in [1.807, 2.05) is 24.8 Å². The highest BCUT2D eigenvalue weighted by molar-refractivity contribution is 6.25. The van der Waals surface area contributed by atoms with Gasteiger partial charge in [0.15, 0.2) is 0 Å². The summed E-state index contributed by atoms with van der Waals surface area (Å²) in [6, 6.07) is 13.3. The quantitative estimate of drug-likeness (QED) is 0.232. The molecule has 2 N–H and O–H groups in total. The van der Waals surface area contributed by atoms with Crippen molar-refractivity contribution >= 4 is 65.2 Å². The molecule has 4 heterocycles. The lowest BCUT2D eigenvalue weighted by Gasteiger charge is -2.11. The molecular formula is C32H26N8. The first kappa shape index (κ1) is 23.0. The van der Waals surface area contributed by atoms with Gasteiger partial charge in [-0.05, 0) is 34.0 Å². The Labute approximate surface area is 228 Å². The van der Waals surface area contributed by atoms with Gasteiger partial charge in [-0.15, -0.1) is 0 Å². The molecule has 0 spiro atoms. The first-order valence-electron chi connectivity index (χ1n) is 13.6. The molecule has 0 fully saturated rings. The molecule has 40 heavy (non-hydrogen) atoms. The van der Waals surface area contributed by atoms with Crippen LogP contribution >= 0.6 is 0 Å². The standard InChI is InChI=1S/C32H26N8/c1-15(2)31-37-27-19-7-5-17(9-21(19)23-11-33-35-13-25(23)29(27)39-31)18-6-8-20-22(10-18)24-12-34-36-14-26(24)30-28(20)38-32(40-30)16(3)4/h5-16H,1-4H3,(H,37,39)(H,38,40). The maximum Gasteiger partial charge on any atom is 0.109 e. The molecule has 4 aromatic heterocycles. The van der Waals surface area contributed by atoms with Crippen LogP contribution in [-0.4, -0.2) is 40.3 Å². The number of fused-ring (bicyclic) bond motifs is 12. The molecule has 194 valence electrons. The molecule has 8 rings (SSSR count). The van der Waals surface area contributed by atoms with Crippen molar-refractivity contribution in [2.75, 3.05) is 0 Å². The highest BCUT2D eigenvalue weighted by atomic mass is 15.1. The zero-order chi connectivity index (χ0) is 27.1. The molecule has 0 aliphatic rings. The lowest BCUT2D eigenvalue weighted by molar-refractivity contribution is 0.799. The van der Waals surface area contributed by atoms with E-state index in [0.717, 1.165) is 87.9 Å². The Bertz CT molecular complexity index is 2130. The maximum absolute atomic E-state index is 4.93. The van der Waals surface area contributed by atoms with E-state index >= 15 is 0 Å². The summed E-state index contributed by atoms with van der Waals surface area (Å²) in [5, 5.41) is 25.4. The van der Waals surface area contributed by atoms with Gasteiger partial charge in [0.25, 0.3) is 0 Å². The van der Waals surface area contributed by atoms with Gasteiger partial charge >= 0.3 is 0 Å². The summed E-state index contributed by atoms with van der Waals surface area (Å²) in [4.78, 5) is 17.0. The number of hydrogen-bond acceptors (Lipinski definition) is 6. The largest absolute Gasteiger partial charge is 0.341 e. The number of aromatic nitrogens is 8. The fraction of sp³-hybridized carbons (Fsp3) is 0.188. The topological polar surface area (TPSA) is 109 Å². The number of hydrogen-bond donors (Lipinski definition) is 2. The SMILES string of the molecule is CC(C)c1nc2c3cnncc3c3cc(-c4ccc5c(c4)c4cnncc4c4nc(C(C)C)[nH]c54)ccc3c2[nH]1. The van der Waals surface area contributed by atoms with Gasteiger partial charge < -0.3 is 9.97 Å². The normalized spacial score (nSPS) is 12.4. The Hall–Kier alpha value is -4.98. The Balaban J connectivity index is 1.41. The second-order valence-corrected chi connectivity index (χ2v) is 11.2. The zero-order valence-corrected chi connectivity index (χ0v) is 22.6. The average Bonchev–Trinajstić information content (AvgIpc) is 3.64. The Morgan fingerprint density at radius 1 is 0.475 bits per heavy atom. The minimum Gasteiger partial charge on any atom is -0.341 e. The third-order valence-electron chi connectivity index (χ3n) is 8.00. The van der Waals surface area contributed by atoms with Crippen LogP contribution < -0.4 is 0 Å². The summed E-state index contributed by atoms with van der Waals surface area (Å²) in [7, 11) is 0. The number of imidazole rings is 2. The second-order valence-electron chi connectivity index (χ2n) is 11.2. The van der Waals surface area contributed by atoms with Crippen molar-refractivity contribution in [1.82, 2.24) is 40.3 Å². The van der Waals surface area contributed by atoms with E-state index in [0.29, 0.717) is 11.8 Å². The van der Waals surface area contributed by atoms with E-state index in [9.17, 15) is 0 Å². The molecule has 0 unspecified atom stereocenters. The van der Waals surface area contributed by atoms with E-state index in [4.69, 9.17) is 9.97 Å². The van der Waals surface area contributed by atoms with Crippen LogP contribution in [0.1, 0.15) is 51.2 Å².